The Balaban J connectivity index is 1.80. The quantitative estimate of drug-likeness (QED) is 0.380. The van der Waals surface area contributed by atoms with Gasteiger partial charge in [0.05, 0.1) is 36.0 Å². The number of carbonyl (C=O) groups excluding carboxylic acids is 2. The maximum Gasteiger partial charge on any atom is 0.338 e. The molecule has 1 aliphatic rings. The molecule has 0 atom stereocenters. The van der Waals surface area contributed by atoms with Gasteiger partial charge in [0.1, 0.15) is 5.75 Å². The van der Waals surface area contributed by atoms with E-state index in [1.807, 2.05) is 12.1 Å². The number of methoxy groups -OCH3 is 2. The number of rotatable bonds is 6. The minimum absolute atomic E-state index is 0.000623. The first-order valence-electron chi connectivity index (χ1n) is 11.2. The highest BCUT2D eigenvalue weighted by Gasteiger charge is 2.46. The molecule has 0 amide bonds. The maximum atomic E-state index is 12.2. The van der Waals surface area contributed by atoms with Gasteiger partial charge in [-0.1, -0.05) is 44.5 Å². The summed E-state index contributed by atoms with van der Waals surface area (Å²) in [5.74, 6) is -0.513. The molecule has 34 heavy (non-hydrogen) atoms. The van der Waals surface area contributed by atoms with Crippen molar-refractivity contribution < 1.29 is 28.6 Å². The zero-order valence-electron chi connectivity index (χ0n) is 20.8. The zero-order valence-corrected chi connectivity index (χ0v) is 22.6. The van der Waals surface area contributed by atoms with E-state index in [0.717, 1.165) is 5.56 Å². The van der Waals surface area contributed by atoms with Crippen LogP contribution in [0, 0.1) is 0 Å². The summed E-state index contributed by atoms with van der Waals surface area (Å²) in [5.41, 5.74) is 0.712. The first kappa shape index (κ1) is 26.3. The Hall–Kier alpha value is -2.35. The van der Waals surface area contributed by atoms with E-state index < -0.39 is 25.9 Å². The van der Waals surface area contributed by atoms with Gasteiger partial charge >= 0.3 is 11.9 Å². The van der Waals surface area contributed by atoms with Crippen molar-refractivity contribution in [2.75, 3.05) is 14.2 Å². The third-order valence-electron chi connectivity index (χ3n) is 7.11. The number of esters is 2. The summed E-state index contributed by atoms with van der Waals surface area (Å²) in [6.45, 7) is 10.9. The van der Waals surface area contributed by atoms with Gasteiger partial charge in [0.2, 0.25) is 8.32 Å². The minimum atomic E-state index is -2.01. The number of halogens is 1. The molecule has 0 radical (unpaired) electrons. The third kappa shape index (κ3) is 5.02. The Bertz CT molecular complexity index is 1100. The molecular formula is C26H33ClO6Si. The Morgan fingerprint density at radius 1 is 1.00 bits per heavy atom. The van der Waals surface area contributed by atoms with Crippen LogP contribution in [-0.2, 0) is 15.1 Å². The lowest BCUT2D eigenvalue weighted by Crippen LogP contribution is -2.44. The standard InChI is InChI=1S/C26H33ClO6Si/c1-25(2,3)34(6,7)33-18-9-11-21(22(27)13-18)26(30)14-17(15-26)16-8-10-19(23(28)31-4)20(12-16)24(29)32-5/h8-13,17,30H,14-15H2,1-7H3. The van der Waals surface area contributed by atoms with E-state index in [-0.39, 0.29) is 22.1 Å². The number of aliphatic hydroxyl groups is 1. The molecule has 0 unspecified atom stereocenters. The van der Waals surface area contributed by atoms with Crippen LogP contribution in [0.3, 0.4) is 0 Å². The van der Waals surface area contributed by atoms with Crippen molar-refractivity contribution in [3.8, 4) is 5.75 Å². The van der Waals surface area contributed by atoms with E-state index >= 15 is 0 Å². The summed E-state index contributed by atoms with van der Waals surface area (Å²) in [5, 5.41) is 11.8. The van der Waals surface area contributed by atoms with Gasteiger partial charge < -0.3 is 19.0 Å². The van der Waals surface area contributed by atoms with Crippen LogP contribution < -0.4 is 4.43 Å². The van der Waals surface area contributed by atoms with Crippen LogP contribution in [-0.4, -0.2) is 39.6 Å². The molecule has 8 heteroatoms. The normalized spacial score (nSPS) is 20.3. The Kier molecular flexibility index (Phi) is 7.23. The first-order chi connectivity index (χ1) is 15.7. The van der Waals surface area contributed by atoms with Crippen LogP contribution in [0.5, 0.6) is 5.75 Å². The summed E-state index contributed by atoms with van der Waals surface area (Å²) >= 11 is 6.58. The van der Waals surface area contributed by atoms with Gasteiger partial charge in [-0.2, -0.15) is 0 Å². The van der Waals surface area contributed by atoms with Crippen molar-refractivity contribution in [2.45, 2.75) is 63.3 Å². The van der Waals surface area contributed by atoms with Crippen molar-refractivity contribution in [3.63, 3.8) is 0 Å². The highest BCUT2D eigenvalue weighted by atomic mass is 35.5. The van der Waals surface area contributed by atoms with E-state index in [1.165, 1.54) is 14.2 Å². The lowest BCUT2D eigenvalue weighted by molar-refractivity contribution is -0.0549. The number of hydrogen-bond acceptors (Lipinski definition) is 6. The lowest BCUT2D eigenvalue weighted by atomic mass is 9.64. The fourth-order valence-electron chi connectivity index (χ4n) is 3.98. The topological polar surface area (TPSA) is 82.1 Å². The molecule has 184 valence electrons. The molecule has 0 saturated heterocycles. The Morgan fingerprint density at radius 2 is 1.59 bits per heavy atom. The minimum Gasteiger partial charge on any atom is -0.543 e. The maximum absolute atomic E-state index is 12.2. The second-order valence-corrected chi connectivity index (χ2v) is 15.6. The van der Waals surface area contributed by atoms with E-state index in [2.05, 4.69) is 33.9 Å². The Labute approximate surface area is 207 Å². The number of ether oxygens (including phenoxy) is 2. The van der Waals surface area contributed by atoms with E-state index in [4.69, 9.17) is 25.5 Å². The highest BCUT2D eigenvalue weighted by Crippen LogP contribution is 2.53. The van der Waals surface area contributed by atoms with Crippen molar-refractivity contribution in [1.82, 2.24) is 0 Å². The molecule has 1 aliphatic carbocycles. The molecule has 2 aromatic rings. The van der Waals surface area contributed by atoms with Gasteiger partial charge in [0.15, 0.2) is 0 Å². The predicted octanol–water partition coefficient (Wildman–Crippen LogP) is 6.06. The zero-order chi connectivity index (χ0) is 25.5. The van der Waals surface area contributed by atoms with Gasteiger partial charge in [-0.15, -0.1) is 0 Å². The Morgan fingerprint density at radius 3 is 2.12 bits per heavy atom. The van der Waals surface area contributed by atoms with Crippen LogP contribution in [0.1, 0.15) is 71.4 Å². The summed E-state index contributed by atoms with van der Waals surface area (Å²) in [6, 6.07) is 10.5. The molecule has 0 heterocycles. The molecular weight excluding hydrogens is 472 g/mol. The number of benzene rings is 2. The lowest BCUT2D eigenvalue weighted by Gasteiger charge is -2.45. The van der Waals surface area contributed by atoms with Crippen LogP contribution in [0.2, 0.25) is 23.2 Å². The number of carbonyl (C=O) groups is 2. The van der Waals surface area contributed by atoms with Crippen molar-refractivity contribution in [2.24, 2.45) is 0 Å². The largest absolute Gasteiger partial charge is 0.543 e. The summed E-state index contributed by atoms with van der Waals surface area (Å²) in [7, 11) is 0.515. The average Bonchev–Trinajstić information content (AvgIpc) is 2.74. The fraction of sp³-hybridized carbons (Fsp3) is 0.462. The van der Waals surface area contributed by atoms with Crippen LogP contribution in [0.4, 0.5) is 0 Å². The number of hydrogen-bond donors (Lipinski definition) is 1. The van der Waals surface area contributed by atoms with Crippen LogP contribution in [0.25, 0.3) is 0 Å². The second kappa shape index (κ2) is 9.36. The molecule has 1 fully saturated rings. The van der Waals surface area contributed by atoms with Crippen LogP contribution >= 0.6 is 11.6 Å². The van der Waals surface area contributed by atoms with Gasteiger partial charge in [0.25, 0.3) is 0 Å². The van der Waals surface area contributed by atoms with Gasteiger partial charge in [0, 0.05) is 5.56 Å². The van der Waals surface area contributed by atoms with E-state index in [9.17, 15) is 14.7 Å². The predicted molar refractivity (Wildman–Crippen MR) is 134 cm³/mol. The molecule has 6 nitrogen and oxygen atoms in total. The summed E-state index contributed by atoms with van der Waals surface area (Å²) in [6.07, 6.45) is 0.876. The van der Waals surface area contributed by atoms with Crippen molar-refractivity contribution in [3.05, 3.63) is 63.7 Å². The molecule has 1 N–H and O–H groups in total. The van der Waals surface area contributed by atoms with Crippen molar-refractivity contribution >= 4 is 31.9 Å². The summed E-state index contributed by atoms with van der Waals surface area (Å²) < 4.78 is 15.9. The average molecular weight is 505 g/mol. The van der Waals surface area contributed by atoms with Gasteiger partial charge in [-0.3, -0.25) is 0 Å². The smallest absolute Gasteiger partial charge is 0.338 e. The van der Waals surface area contributed by atoms with E-state index in [1.54, 1.807) is 24.3 Å². The first-order valence-corrected chi connectivity index (χ1v) is 14.5. The second-order valence-electron chi connectivity index (χ2n) is 10.4. The van der Waals surface area contributed by atoms with Crippen molar-refractivity contribution in [1.29, 1.82) is 0 Å². The fourth-order valence-corrected chi connectivity index (χ4v) is 5.35. The summed E-state index contributed by atoms with van der Waals surface area (Å²) in [4.78, 5) is 24.2. The molecule has 2 aromatic carbocycles. The molecule has 0 aromatic heterocycles. The third-order valence-corrected chi connectivity index (χ3v) is 11.8. The molecule has 0 aliphatic heterocycles. The molecule has 0 spiro atoms. The van der Waals surface area contributed by atoms with E-state index in [0.29, 0.717) is 29.2 Å². The van der Waals surface area contributed by atoms with Gasteiger partial charge in [-0.05, 0) is 66.7 Å². The SMILES string of the molecule is COC(=O)c1ccc(C2CC(O)(c3ccc(O[Si](C)(C)C(C)(C)C)cc3Cl)C2)cc1C(=O)OC. The van der Waals surface area contributed by atoms with Crippen LogP contribution in [0.15, 0.2) is 36.4 Å². The van der Waals surface area contributed by atoms with Gasteiger partial charge in [-0.25, -0.2) is 9.59 Å². The monoisotopic (exact) mass is 504 g/mol. The highest BCUT2D eigenvalue weighted by molar-refractivity contribution is 6.74. The molecule has 1 saturated carbocycles. The molecule has 0 bridgehead atoms. The molecule has 3 rings (SSSR count).